The number of hydrogen-bond acceptors (Lipinski definition) is 4. The van der Waals surface area contributed by atoms with Gasteiger partial charge in [-0.25, -0.2) is 0 Å². The minimum atomic E-state index is -0.830. The highest BCUT2D eigenvalue weighted by Gasteiger charge is 1.92. The SMILES string of the molecule is Cl.NCCNCCNCC(=O)O. The topological polar surface area (TPSA) is 87.4 Å². The third-order valence-corrected chi connectivity index (χ3v) is 1.08. The first kappa shape index (κ1) is 14.2. The predicted octanol–water partition coefficient (Wildman–Crippen LogP) is -1.37. The summed E-state index contributed by atoms with van der Waals surface area (Å²) < 4.78 is 0. The highest BCUT2D eigenvalue weighted by Crippen LogP contribution is 1.60. The number of nitrogens with two attached hydrogens (primary N) is 1. The maximum atomic E-state index is 9.99. The Bertz CT molecular complexity index is 113. The molecule has 0 heterocycles. The molecule has 0 aromatic carbocycles. The number of carbonyl (C=O) groups is 1. The van der Waals surface area contributed by atoms with Crippen molar-refractivity contribution in [2.45, 2.75) is 0 Å². The van der Waals surface area contributed by atoms with Crippen molar-refractivity contribution in [3.05, 3.63) is 0 Å². The Morgan fingerprint density at radius 3 is 2.33 bits per heavy atom. The van der Waals surface area contributed by atoms with Crippen LogP contribution in [0.5, 0.6) is 0 Å². The van der Waals surface area contributed by atoms with Crippen LogP contribution in [0.1, 0.15) is 0 Å². The Balaban J connectivity index is 0. The fourth-order valence-electron chi connectivity index (χ4n) is 0.599. The molecule has 5 nitrogen and oxygen atoms in total. The molecule has 0 aliphatic rings. The molecule has 0 bridgehead atoms. The molecule has 0 saturated carbocycles. The molecule has 0 radical (unpaired) electrons. The lowest BCUT2D eigenvalue weighted by molar-refractivity contribution is -0.135. The van der Waals surface area contributed by atoms with Crippen LogP contribution in [0.2, 0.25) is 0 Å². The van der Waals surface area contributed by atoms with Gasteiger partial charge >= 0.3 is 5.97 Å². The van der Waals surface area contributed by atoms with Crippen molar-refractivity contribution < 1.29 is 9.90 Å². The first-order chi connectivity index (χ1) is 5.27. The van der Waals surface area contributed by atoms with E-state index in [1.807, 2.05) is 0 Å². The first-order valence-corrected chi connectivity index (χ1v) is 3.60. The van der Waals surface area contributed by atoms with Gasteiger partial charge in [-0.2, -0.15) is 0 Å². The van der Waals surface area contributed by atoms with Gasteiger partial charge in [0.05, 0.1) is 6.54 Å². The summed E-state index contributed by atoms with van der Waals surface area (Å²) in [5.74, 6) is -0.830. The largest absolute Gasteiger partial charge is 0.480 e. The van der Waals surface area contributed by atoms with Crippen LogP contribution in [0.3, 0.4) is 0 Å². The number of hydrogen-bond donors (Lipinski definition) is 4. The van der Waals surface area contributed by atoms with Gasteiger partial charge in [0, 0.05) is 26.2 Å². The first-order valence-electron chi connectivity index (χ1n) is 3.60. The van der Waals surface area contributed by atoms with E-state index in [0.717, 1.165) is 13.1 Å². The third-order valence-electron chi connectivity index (χ3n) is 1.08. The Morgan fingerprint density at radius 2 is 1.83 bits per heavy atom. The van der Waals surface area contributed by atoms with Crippen molar-refractivity contribution in [2.24, 2.45) is 5.73 Å². The van der Waals surface area contributed by atoms with Crippen molar-refractivity contribution in [1.29, 1.82) is 0 Å². The second-order valence-corrected chi connectivity index (χ2v) is 2.11. The second kappa shape index (κ2) is 10.6. The minimum absolute atomic E-state index is 0. The zero-order valence-corrected chi connectivity index (χ0v) is 7.69. The van der Waals surface area contributed by atoms with E-state index < -0.39 is 5.97 Å². The van der Waals surface area contributed by atoms with E-state index >= 15 is 0 Å². The fraction of sp³-hybridized carbons (Fsp3) is 0.833. The van der Waals surface area contributed by atoms with E-state index in [-0.39, 0.29) is 19.0 Å². The molecular weight excluding hydrogens is 182 g/mol. The monoisotopic (exact) mass is 197 g/mol. The summed E-state index contributed by atoms with van der Waals surface area (Å²) in [6.45, 7) is 2.81. The van der Waals surface area contributed by atoms with Gasteiger partial charge in [0.2, 0.25) is 0 Å². The van der Waals surface area contributed by atoms with Crippen molar-refractivity contribution in [1.82, 2.24) is 10.6 Å². The van der Waals surface area contributed by atoms with Gasteiger partial charge in [-0.05, 0) is 0 Å². The quantitative estimate of drug-likeness (QED) is 0.379. The highest BCUT2D eigenvalue weighted by molar-refractivity contribution is 5.85. The number of carboxylic acids is 1. The van der Waals surface area contributed by atoms with Crippen molar-refractivity contribution in [3.63, 3.8) is 0 Å². The standard InChI is InChI=1S/C6H15N3O2.ClH/c7-1-2-8-3-4-9-5-6(10)11;/h8-9H,1-5,7H2,(H,10,11);1H. The average molecular weight is 198 g/mol. The molecule has 0 atom stereocenters. The number of carboxylic acid groups (broad SMARTS) is 1. The summed E-state index contributed by atoms with van der Waals surface area (Å²) >= 11 is 0. The predicted molar refractivity (Wildman–Crippen MR) is 49.7 cm³/mol. The Labute approximate surface area is 78.1 Å². The zero-order valence-electron chi connectivity index (χ0n) is 6.88. The Morgan fingerprint density at radius 1 is 1.25 bits per heavy atom. The van der Waals surface area contributed by atoms with Gasteiger partial charge in [-0.3, -0.25) is 4.79 Å². The van der Waals surface area contributed by atoms with Crippen molar-refractivity contribution in [3.8, 4) is 0 Å². The Kier molecular flexibility index (Phi) is 12.6. The van der Waals surface area contributed by atoms with Gasteiger partial charge in [0.1, 0.15) is 0 Å². The summed E-state index contributed by atoms with van der Waals surface area (Å²) in [7, 11) is 0. The van der Waals surface area contributed by atoms with Crippen molar-refractivity contribution in [2.75, 3.05) is 32.7 Å². The van der Waals surface area contributed by atoms with Crippen LogP contribution in [0, 0.1) is 0 Å². The molecule has 0 aromatic heterocycles. The summed E-state index contributed by atoms with van der Waals surface area (Å²) in [5.41, 5.74) is 5.21. The van der Waals surface area contributed by atoms with E-state index in [0.29, 0.717) is 13.1 Å². The molecule has 0 aliphatic carbocycles. The van der Waals surface area contributed by atoms with E-state index in [4.69, 9.17) is 10.8 Å². The Hall–Kier alpha value is -0.360. The fourth-order valence-corrected chi connectivity index (χ4v) is 0.599. The van der Waals surface area contributed by atoms with E-state index in [2.05, 4.69) is 10.6 Å². The van der Waals surface area contributed by atoms with E-state index in [9.17, 15) is 4.79 Å². The molecule has 0 aliphatic heterocycles. The summed E-state index contributed by atoms with van der Waals surface area (Å²) in [5, 5.41) is 14.0. The van der Waals surface area contributed by atoms with Gasteiger partial charge in [-0.15, -0.1) is 12.4 Å². The van der Waals surface area contributed by atoms with Gasteiger partial charge in [0.15, 0.2) is 0 Å². The maximum Gasteiger partial charge on any atom is 0.317 e. The molecule has 0 unspecified atom stereocenters. The maximum absolute atomic E-state index is 9.99. The lowest BCUT2D eigenvalue weighted by atomic mass is 10.5. The summed E-state index contributed by atoms with van der Waals surface area (Å²) in [6, 6.07) is 0. The van der Waals surface area contributed by atoms with Gasteiger partial charge in [-0.1, -0.05) is 0 Å². The summed E-state index contributed by atoms with van der Waals surface area (Å²) in [4.78, 5) is 9.99. The lowest BCUT2D eigenvalue weighted by Crippen LogP contribution is -2.33. The van der Waals surface area contributed by atoms with Crippen molar-refractivity contribution >= 4 is 18.4 Å². The molecule has 74 valence electrons. The molecule has 6 heteroatoms. The molecule has 0 rings (SSSR count). The van der Waals surface area contributed by atoms with Crippen LogP contribution in [-0.4, -0.2) is 43.8 Å². The normalized spacial score (nSPS) is 9.08. The minimum Gasteiger partial charge on any atom is -0.480 e. The smallest absolute Gasteiger partial charge is 0.317 e. The highest BCUT2D eigenvalue weighted by atomic mass is 35.5. The number of rotatable bonds is 7. The number of halogens is 1. The van der Waals surface area contributed by atoms with E-state index in [1.54, 1.807) is 0 Å². The van der Waals surface area contributed by atoms with Crippen LogP contribution in [0.4, 0.5) is 0 Å². The number of nitrogens with one attached hydrogen (secondary N) is 2. The molecular formula is C6H16ClN3O2. The van der Waals surface area contributed by atoms with Crippen LogP contribution in [-0.2, 0) is 4.79 Å². The molecule has 0 spiro atoms. The molecule has 0 saturated heterocycles. The lowest BCUT2D eigenvalue weighted by Gasteiger charge is -2.02. The third kappa shape index (κ3) is 12.3. The van der Waals surface area contributed by atoms with E-state index in [1.165, 1.54) is 0 Å². The van der Waals surface area contributed by atoms with Crippen LogP contribution in [0.15, 0.2) is 0 Å². The zero-order chi connectivity index (χ0) is 8.53. The van der Waals surface area contributed by atoms with Crippen LogP contribution in [0.25, 0.3) is 0 Å². The van der Waals surface area contributed by atoms with Crippen LogP contribution >= 0.6 is 12.4 Å². The molecule has 0 fully saturated rings. The average Bonchev–Trinajstić information content (AvgIpc) is 1.96. The van der Waals surface area contributed by atoms with Crippen LogP contribution < -0.4 is 16.4 Å². The van der Waals surface area contributed by atoms with Gasteiger partial charge < -0.3 is 21.5 Å². The van der Waals surface area contributed by atoms with Gasteiger partial charge in [0.25, 0.3) is 0 Å². The molecule has 0 aromatic rings. The molecule has 5 N–H and O–H groups in total. The number of aliphatic carboxylic acids is 1. The molecule has 0 amide bonds. The summed E-state index contributed by atoms with van der Waals surface area (Å²) in [6.07, 6.45) is 0. The molecule has 12 heavy (non-hydrogen) atoms. The second-order valence-electron chi connectivity index (χ2n) is 2.11.